The number of aliphatic hydroxyl groups is 4. The average molecular weight is 334 g/mol. The van der Waals surface area contributed by atoms with E-state index in [0.717, 1.165) is 6.42 Å². The number of ether oxygens (including phenoxy) is 1. The van der Waals surface area contributed by atoms with E-state index in [-0.39, 0.29) is 32.0 Å². The van der Waals surface area contributed by atoms with Crippen LogP contribution in [0.3, 0.4) is 0 Å². The third kappa shape index (κ3) is 22.9. The maximum Gasteiger partial charge on any atom is 0.341 e. The molecular formula is C16H30O7. The van der Waals surface area contributed by atoms with Gasteiger partial charge in [0.05, 0.1) is 26.4 Å². The van der Waals surface area contributed by atoms with Crippen LogP contribution in [0.4, 0.5) is 0 Å². The second-order valence-electron chi connectivity index (χ2n) is 4.87. The minimum atomic E-state index is -0.669. The van der Waals surface area contributed by atoms with Crippen molar-refractivity contribution in [1.82, 2.24) is 0 Å². The van der Waals surface area contributed by atoms with Crippen molar-refractivity contribution < 1.29 is 34.8 Å². The summed E-state index contributed by atoms with van der Waals surface area (Å²) in [6.07, 6.45) is 2.57. The van der Waals surface area contributed by atoms with Crippen LogP contribution in [0.15, 0.2) is 23.8 Å². The standard InChI is InChI=1S/C12H18O3.2C2H6O2/c1-8(2)6-7-10(5)12(14)15-11(13)9(3)4;2*3-1-2-4/h7-8H,3,6H2,1-2,4-5H3;2*3-4H,1-2H2. The van der Waals surface area contributed by atoms with Crippen molar-refractivity contribution in [2.45, 2.75) is 34.1 Å². The SMILES string of the molecule is C=C(C)C(=O)OC(=O)C(C)=CCC(C)C.OCCO.OCCO. The highest BCUT2D eigenvalue weighted by Crippen LogP contribution is 2.06. The highest BCUT2D eigenvalue weighted by molar-refractivity contribution is 6.00. The molecule has 0 aromatic heterocycles. The minimum absolute atomic E-state index is 0.125. The fourth-order valence-corrected chi connectivity index (χ4v) is 0.748. The van der Waals surface area contributed by atoms with E-state index in [1.54, 1.807) is 13.0 Å². The van der Waals surface area contributed by atoms with Crippen molar-refractivity contribution in [3.63, 3.8) is 0 Å². The Morgan fingerprint density at radius 1 is 0.957 bits per heavy atom. The summed E-state index contributed by atoms with van der Waals surface area (Å²) in [5, 5.41) is 30.5. The predicted molar refractivity (Wildman–Crippen MR) is 87.5 cm³/mol. The number of aliphatic hydroxyl groups excluding tert-OH is 4. The van der Waals surface area contributed by atoms with Gasteiger partial charge in [0.15, 0.2) is 0 Å². The molecule has 0 radical (unpaired) electrons. The van der Waals surface area contributed by atoms with Crippen molar-refractivity contribution in [2.75, 3.05) is 26.4 Å². The molecular weight excluding hydrogens is 304 g/mol. The highest BCUT2D eigenvalue weighted by Gasteiger charge is 2.12. The molecule has 7 nitrogen and oxygen atoms in total. The summed E-state index contributed by atoms with van der Waals surface area (Å²) < 4.78 is 4.56. The molecule has 0 spiro atoms. The average Bonchev–Trinajstić information content (AvgIpc) is 2.52. The van der Waals surface area contributed by atoms with Gasteiger partial charge in [0.1, 0.15) is 0 Å². The molecule has 4 N–H and O–H groups in total. The Bertz CT molecular complexity index is 351. The summed E-state index contributed by atoms with van der Waals surface area (Å²) >= 11 is 0. The maximum atomic E-state index is 11.3. The Kier molecular flexibility index (Phi) is 21.2. The predicted octanol–water partition coefficient (Wildman–Crippen LogP) is 0.567. The molecule has 0 saturated heterocycles. The van der Waals surface area contributed by atoms with Crippen LogP contribution in [-0.4, -0.2) is 58.8 Å². The first kappa shape index (κ1) is 26.4. The molecule has 0 fully saturated rings. The van der Waals surface area contributed by atoms with E-state index >= 15 is 0 Å². The van der Waals surface area contributed by atoms with Crippen LogP contribution < -0.4 is 0 Å². The van der Waals surface area contributed by atoms with E-state index in [1.807, 2.05) is 13.8 Å². The zero-order valence-corrected chi connectivity index (χ0v) is 14.4. The van der Waals surface area contributed by atoms with Gasteiger partial charge in [0.2, 0.25) is 0 Å². The molecule has 0 heterocycles. The molecule has 7 heteroatoms. The van der Waals surface area contributed by atoms with Crippen molar-refractivity contribution >= 4 is 11.9 Å². The number of hydrogen-bond acceptors (Lipinski definition) is 7. The molecule has 136 valence electrons. The first-order valence-corrected chi connectivity index (χ1v) is 7.19. The third-order valence-corrected chi connectivity index (χ3v) is 1.95. The molecule has 0 aliphatic carbocycles. The van der Waals surface area contributed by atoms with Gasteiger partial charge in [-0.3, -0.25) is 0 Å². The van der Waals surface area contributed by atoms with Crippen LogP contribution in [0, 0.1) is 5.92 Å². The van der Waals surface area contributed by atoms with Gasteiger partial charge in [-0.25, -0.2) is 9.59 Å². The maximum absolute atomic E-state index is 11.3. The summed E-state index contributed by atoms with van der Waals surface area (Å²) in [7, 11) is 0. The summed E-state index contributed by atoms with van der Waals surface area (Å²) in [5.41, 5.74) is 0.679. The third-order valence-electron chi connectivity index (χ3n) is 1.95. The lowest BCUT2D eigenvalue weighted by molar-refractivity contribution is -0.153. The van der Waals surface area contributed by atoms with E-state index in [0.29, 0.717) is 11.5 Å². The minimum Gasteiger partial charge on any atom is -0.394 e. The van der Waals surface area contributed by atoms with Gasteiger partial charge in [-0.15, -0.1) is 0 Å². The van der Waals surface area contributed by atoms with Gasteiger partial charge in [-0.1, -0.05) is 26.5 Å². The van der Waals surface area contributed by atoms with E-state index < -0.39 is 11.9 Å². The fraction of sp³-hybridized carbons (Fsp3) is 0.625. The van der Waals surface area contributed by atoms with Gasteiger partial charge in [-0.05, 0) is 26.2 Å². The Morgan fingerprint density at radius 3 is 1.61 bits per heavy atom. The first-order valence-electron chi connectivity index (χ1n) is 7.19. The number of allylic oxidation sites excluding steroid dienone is 1. The second-order valence-corrected chi connectivity index (χ2v) is 4.87. The number of carbonyl (C=O) groups excluding carboxylic acids is 2. The lowest BCUT2D eigenvalue weighted by atomic mass is 10.1. The van der Waals surface area contributed by atoms with Crippen molar-refractivity contribution in [3.05, 3.63) is 23.8 Å². The number of hydrogen-bond donors (Lipinski definition) is 4. The molecule has 0 aromatic rings. The normalized spacial score (nSPS) is 10.0. The Balaban J connectivity index is -0.000000413. The summed E-state index contributed by atoms with van der Waals surface area (Å²) in [4.78, 5) is 22.3. The van der Waals surface area contributed by atoms with Crippen molar-refractivity contribution in [2.24, 2.45) is 5.92 Å². The zero-order valence-electron chi connectivity index (χ0n) is 14.4. The van der Waals surface area contributed by atoms with Gasteiger partial charge in [0.25, 0.3) is 0 Å². The smallest absolute Gasteiger partial charge is 0.341 e. The molecule has 0 aliphatic heterocycles. The first-order chi connectivity index (χ1) is 10.7. The Labute approximate surface area is 137 Å². The highest BCUT2D eigenvalue weighted by atomic mass is 16.6. The molecule has 0 rings (SSSR count). The number of carbonyl (C=O) groups is 2. The molecule has 0 aromatic carbocycles. The van der Waals surface area contributed by atoms with Gasteiger partial charge in [-0.2, -0.15) is 0 Å². The van der Waals surface area contributed by atoms with E-state index in [9.17, 15) is 9.59 Å². The fourth-order valence-electron chi connectivity index (χ4n) is 0.748. The molecule has 0 saturated carbocycles. The van der Waals surface area contributed by atoms with E-state index in [2.05, 4.69) is 11.3 Å². The Morgan fingerprint density at radius 2 is 1.35 bits per heavy atom. The quantitative estimate of drug-likeness (QED) is 0.318. The van der Waals surface area contributed by atoms with Crippen LogP contribution in [0.5, 0.6) is 0 Å². The monoisotopic (exact) mass is 334 g/mol. The van der Waals surface area contributed by atoms with Crippen LogP contribution in [0.1, 0.15) is 34.1 Å². The van der Waals surface area contributed by atoms with E-state index in [4.69, 9.17) is 20.4 Å². The lowest BCUT2D eigenvalue weighted by Crippen LogP contribution is -2.13. The van der Waals surface area contributed by atoms with Gasteiger partial charge < -0.3 is 25.2 Å². The van der Waals surface area contributed by atoms with Crippen molar-refractivity contribution in [3.8, 4) is 0 Å². The molecule has 0 bridgehead atoms. The summed E-state index contributed by atoms with van der Waals surface area (Å²) in [5.74, 6) is -0.787. The summed E-state index contributed by atoms with van der Waals surface area (Å²) in [6.45, 7) is 10.1. The van der Waals surface area contributed by atoms with Crippen LogP contribution in [0.2, 0.25) is 0 Å². The molecule has 0 atom stereocenters. The molecule has 0 aliphatic rings. The lowest BCUT2D eigenvalue weighted by Gasteiger charge is -2.03. The Hall–Kier alpha value is -1.54. The van der Waals surface area contributed by atoms with Gasteiger partial charge in [0, 0.05) is 11.1 Å². The second kappa shape index (κ2) is 18.5. The van der Waals surface area contributed by atoms with Crippen LogP contribution >= 0.6 is 0 Å². The molecule has 23 heavy (non-hydrogen) atoms. The largest absolute Gasteiger partial charge is 0.394 e. The van der Waals surface area contributed by atoms with Crippen molar-refractivity contribution in [1.29, 1.82) is 0 Å². The topological polar surface area (TPSA) is 124 Å². The van der Waals surface area contributed by atoms with E-state index in [1.165, 1.54) is 6.92 Å². The molecule has 0 unspecified atom stereocenters. The van der Waals surface area contributed by atoms with Crippen LogP contribution in [0.25, 0.3) is 0 Å². The van der Waals surface area contributed by atoms with Crippen LogP contribution in [-0.2, 0) is 14.3 Å². The summed E-state index contributed by atoms with van der Waals surface area (Å²) in [6, 6.07) is 0. The number of esters is 2. The molecule has 0 amide bonds. The zero-order chi connectivity index (χ0) is 18.8. The number of rotatable bonds is 6. The van der Waals surface area contributed by atoms with Gasteiger partial charge >= 0.3 is 11.9 Å².